The number of aryl methyl sites for hydroxylation is 1. The van der Waals surface area contributed by atoms with Gasteiger partial charge in [0.2, 0.25) is 11.8 Å². The van der Waals surface area contributed by atoms with Crippen LogP contribution in [0.3, 0.4) is 0 Å². The van der Waals surface area contributed by atoms with Crippen molar-refractivity contribution in [2.45, 2.75) is 31.8 Å². The first-order valence-corrected chi connectivity index (χ1v) is 9.88. The number of rotatable bonds is 4. The molecule has 1 saturated heterocycles. The van der Waals surface area contributed by atoms with Crippen LogP contribution >= 0.6 is 0 Å². The topological polar surface area (TPSA) is 64.7 Å². The number of nitrogens with one attached hydrogen (secondary N) is 2. The molecule has 0 aromatic heterocycles. The van der Waals surface area contributed by atoms with Gasteiger partial charge in [-0.1, -0.05) is 6.07 Å². The summed E-state index contributed by atoms with van der Waals surface area (Å²) < 4.78 is 28.3. The minimum Gasteiger partial charge on any atom is -0.373 e. The van der Waals surface area contributed by atoms with Crippen LogP contribution in [-0.2, 0) is 16.0 Å². The molecule has 1 unspecified atom stereocenters. The van der Waals surface area contributed by atoms with E-state index in [9.17, 15) is 18.4 Å². The van der Waals surface area contributed by atoms with E-state index in [0.29, 0.717) is 29.9 Å². The van der Waals surface area contributed by atoms with Crippen molar-refractivity contribution < 1.29 is 18.4 Å². The Balaban J connectivity index is 1.51. The number of fused-ring (bicyclic) bond motifs is 1. The van der Waals surface area contributed by atoms with E-state index >= 15 is 0 Å². The van der Waals surface area contributed by atoms with Gasteiger partial charge in [0, 0.05) is 35.6 Å². The fourth-order valence-electron chi connectivity index (χ4n) is 4.16. The molecule has 8 heteroatoms. The molecule has 2 heterocycles. The molecule has 158 valence electrons. The molecular weight excluding hydrogens is 390 g/mol. The van der Waals surface area contributed by atoms with E-state index in [2.05, 4.69) is 10.6 Å². The molecule has 2 N–H and O–H groups in total. The van der Waals surface area contributed by atoms with E-state index in [-0.39, 0.29) is 35.8 Å². The number of nitrogens with zero attached hydrogens (tertiary/aromatic N) is 2. The Morgan fingerprint density at radius 3 is 2.67 bits per heavy atom. The van der Waals surface area contributed by atoms with Gasteiger partial charge in [-0.15, -0.1) is 0 Å². The summed E-state index contributed by atoms with van der Waals surface area (Å²) in [6.45, 7) is 2.33. The van der Waals surface area contributed by atoms with Crippen molar-refractivity contribution in [1.29, 1.82) is 0 Å². The Hall–Kier alpha value is -3.00. The van der Waals surface area contributed by atoms with Crippen molar-refractivity contribution in [3.05, 3.63) is 53.1 Å². The monoisotopic (exact) mass is 414 g/mol. The standard InChI is InChI=1S/C22H24F2N4O2/c1-12-4-5-17(24)16-11-18(26-20(12)16)21(29)25-14-8-13(23)9-15(10-14)28-7-6-19(22(28)30)27(2)3/h4-5,8-10,18-19,26H,6-7,11H2,1-3H3,(H,25,29)/t18?,19-/m0/s1. The molecule has 2 aliphatic rings. The van der Waals surface area contributed by atoms with Crippen LogP contribution < -0.4 is 15.5 Å². The minimum absolute atomic E-state index is 0.0956. The van der Waals surface area contributed by atoms with Crippen molar-refractivity contribution >= 4 is 28.9 Å². The van der Waals surface area contributed by atoms with Crippen LogP contribution in [0.2, 0.25) is 0 Å². The molecule has 0 radical (unpaired) electrons. The zero-order valence-corrected chi connectivity index (χ0v) is 17.1. The van der Waals surface area contributed by atoms with Gasteiger partial charge in [0.1, 0.15) is 17.7 Å². The molecule has 0 saturated carbocycles. The van der Waals surface area contributed by atoms with E-state index in [1.807, 2.05) is 25.9 Å². The zero-order valence-electron chi connectivity index (χ0n) is 17.1. The average Bonchev–Trinajstić information content (AvgIpc) is 3.29. The van der Waals surface area contributed by atoms with Crippen LogP contribution in [0.1, 0.15) is 17.5 Å². The Bertz CT molecular complexity index is 993. The molecule has 2 atom stereocenters. The molecule has 2 aromatic rings. The number of benzene rings is 2. The Morgan fingerprint density at radius 2 is 2.00 bits per heavy atom. The normalized spacial score (nSPS) is 20.5. The smallest absolute Gasteiger partial charge is 0.247 e. The van der Waals surface area contributed by atoms with Gasteiger partial charge in [-0.25, -0.2) is 8.78 Å². The van der Waals surface area contributed by atoms with Crippen molar-refractivity contribution in [2.24, 2.45) is 0 Å². The molecule has 0 aliphatic carbocycles. The van der Waals surface area contributed by atoms with Crippen LogP contribution in [0.4, 0.5) is 25.8 Å². The molecule has 2 aliphatic heterocycles. The van der Waals surface area contributed by atoms with Crippen molar-refractivity contribution in [3.8, 4) is 0 Å². The molecule has 30 heavy (non-hydrogen) atoms. The maximum atomic E-state index is 14.2. The summed E-state index contributed by atoms with van der Waals surface area (Å²) in [5.74, 6) is -1.38. The summed E-state index contributed by atoms with van der Waals surface area (Å²) in [6.07, 6.45) is 0.866. The van der Waals surface area contributed by atoms with Gasteiger partial charge in [-0.2, -0.15) is 0 Å². The summed E-state index contributed by atoms with van der Waals surface area (Å²) in [7, 11) is 3.67. The fraction of sp³-hybridized carbons (Fsp3) is 0.364. The zero-order chi connectivity index (χ0) is 21.6. The summed E-state index contributed by atoms with van der Waals surface area (Å²) in [4.78, 5) is 28.7. The number of carbonyl (C=O) groups is 2. The highest BCUT2D eigenvalue weighted by molar-refractivity contribution is 6.01. The van der Waals surface area contributed by atoms with Crippen LogP contribution in [0, 0.1) is 18.6 Å². The minimum atomic E-state index is -0.658. The molecule has 0 bridgehead atoms. The largest absolute Gasteiger partial charge is 0.373 e. The van der Waals surface area contributed by atoms with Crippen LogP contribution in [0.5, 0.6) is 0 Å². The summed E-state index contributed by atoms with van der Waals surface area (Å²) in [5, 5.41) is 5.76. The van der Waals surface area contributed by atoms with Gasteiger partial charge in [0.05, 0.1) is 6.04 Å². The first-order chi connectivity index (χ1) is 14.2. The average molecular weight is 414 g/mol. The summed E-state index contributed by atoms with van der Waals surface area (Å²) >= 11 is 0. The van der Waals surface area contributed by atoms with Gasteiger partial charge in [0.25, 0.3) is 0 Å². The number of halogens is 2. The molecular formula is C22H24F2N4O2. The van der Waals surface area contributed by atoms with E-state index in [1.54, 1.807) is 12.1 Å². The maximum Gasteiger partial charge on any atom is 0.247 e. The fourth-order valence-corrected chi connectivity index (χ4v) is 4.16. The number of hydrogen-bond acceptors (Lipinski definition) is 4. The lowest BCUT2D eigenvalue weighted by molar-refractivity contribution is -0.120. The predicted octanol–water partition coefficient (Wildman–Crippen LogP) is 2.92. The molecule has 0 spiro atoms. The maximum absolute atomic E-state index is 14.2. The highest BCUT2D eigenvalue weighted by Gasteiger charge is 2.34. The summed E-state index contributed by atoms with van der Waals surface area (Å²) in [6, 6.07) is 6.23. The number of carbonyl (C=O) groups excluding carboxylic acids is 2. The van der Waals surface area contributed by atoms with Gasteiger partial charge in [-0.3, -0.25) is 14.5 Å². The SMILES string of the molecule is Cc1ccc(F)c2c1NC(C(=O)Nc1cc(F)cc(N3CC[C@H](N(C)C)C3=O)c1)C2. The van der Waals surface area contributed by atoms with Crippen LogP contribution in [0.25, 0.3) is 0 Å². The van der Waals surface area contributed by atoms with Gasteiger partial charge in [-0.05, 0) is 57.3 Å². The number of anilines is 3. The molecule has 2 aromatic carbocycles. The number of likely N-dealkylation sites (N-methyl/N-ethyl adjacent to an activating group) is 1. The Labute approximate surface area is 173 Å². The second kappa shape index (κ2) is 7.68. The highest BCUT2D eigenvalue weighted by atomic mass is 19.1. The Morgan fingerprint density at radius 1 is 1.23 bits per heavy atom. The van der Waals surface area contributed by atoms with Crippen LogP contribution in [0.15, 0.2) is 30.3 Å². The van der Waals surface area contributed by atoms with Gasteiger partial charge >= 0.3 is 0 Å². The second-order valence-corrected chi connectivity index (χ2v) is 8.06. The molecule has 1 fully saturated rings. The molecule has 4 rings (SSSR count). The van der Waals surface area contributed by atoms with Gasteiger partial charge < -0.3 is 15.5 Å². The third kappa shape index (κ3) is 3.63. The van der Waals surface area contributed by atoms with E-state index in [4.69, 9.17) is 0 Å². The van der Waals surface area contributed by atoms with Crippen molar-refractivity contribution in [3.63, 3.8) is 0 Å². The lowest BCUT2D eigenvalue weighted by Crippen LogP contribution is -2.37. The van der Waals surface area contributed by atoms with E-state index in [1.165, 1.54) is 23.1 Å². The quantitative estimate of drug-likeness (QED) is 0.808. The molecule has 2 amide bonds. The van der Waals surface area contributed by atoms with Crippen molar-refractivity contribution in [1.82, 2.24) is 4.90 Å². The van der Waals surface area contributed by atoms with E-state index in [0.717, 1.165) is 5.56 Å². The van der Waals surface area contributed by atoms with Gasteiger partial charge in [0.15, 0.2) is 0 Å². The number of amides is 2. The van der Waals surface area contributed by atoms with E-state index < -0.39 is 11.9 Å². The molecule has 6 nitrogen and oxygen atoms in total. The first-order valence-electron chi connectivity index (χ1n) is 9.88. The third-order valence-electron chi connectivity index (χ3n) is 5.77. The third-order valence-corrected chi connectivity index (χ3v) is 5.77. The van der Waals surface area contributed by atoms with Crippen LogP contribution in [-0.4, -0.2) is 49.4 Å². The van der Waals surface area contributed by atoms with Crippen molar-refractivity contribution in [2.75, 3.05) is 36.2 Å². The lowest BCUT2D eigenvalue weighted by Gasteiger charge is -2.21. The Kier molecular flexibility index (Phi) is 5.19. The lowest BCUT2D eigenvalue weighted by atomic mass is 10.1. The first kappa shape index (κ1) is 20.3. The predicted molar refractivity (Wildman–Crippen MR) is 112 cm³/mol. The summed E-state index contributed by atoms with van der Waals surface area (Å²) in [5.41, 5.74) is 2.63. The second-order valence-electron chi connectivity index (χ2n) is 8.06. The highest BCUT2D eigenvalue weighted by Crippen LogP contribution is 2.32. The number of hydrogen-bond donors (Lipinski definition) is 2.